The molecule has 2 fully saturated rings. The number of piperidine rings is 1. The van der Waals surface area contributed by atoms with Crippen LogP contribution in [0.3, 0.4) is 0 Å². The van der Waals surface area contributed by atoms with E-state index < -0.39 is 0 Å². The summed E-state index contributed by atoms with van der Waals surface area (Å²) >= 11 is 0. The molecule has 0 N–H and O–H groups in total. The first kappa shape index (κ1) is 27.7. The molecule has 5 rings (SSSR count). The number of amides is 1. The van der Waals surface area contributed by atoms with E-state index in [0.29, 0.717) is 6.04 Å². The summed E-state index contributed by atoms with van der Waals surface area (Å²) in [6.45, 7) is 12.3. The van der Waals surface area contributed by atoms with Crippen molar-refractivity contribution < 1.29 is 9.53 Å². The number of hydrogen-bond donors (Lipinski definition) is 0. The fourth-order valence-electron chi connectivity index (χ4n) is 6.16. The van der Waals surface area contributed by atoms with Crippen LogP contribution in [-0.4, -0.2) is 79.1 Å². The number of nitrogens with zero attached hydrogens (tertiary/aromatic N) is 3. The Kier molecular flexibility index (Phi) is 9.54. The molecule has 2 aliphatic rings. The van der Waals surface area contributed by atoms with Crippen LogP contribution in [0.15, 0.2) is 66.7 Å². The Hall–Kier alpha value is -2.89. The maximum Gasteiger partial charge on any atom is 0.254 e. The quantitative estimate of drug-likeness (QED) is 0.298. The molecule has 0 aliphatic carbocycles. The van der Waals surface area contributed by atoms with Crippen LogP contribution in [-0.2, 0) is 6.42 Å². The van der Waals surface area contributed by atoms with Gasteiger partial charge in [-0.3, -0.25) is 9.69 Å². The average Bonchev–Trinajstić information content (AvgIpc) is 2.99. The minimum Gasteiger partial charge on any atom is -0.494 e. The van der Waals surface area contributed by atoms with E-state index in [2.05, 4.69) is 60.0 Å². The van der Waals surface area contributed by atoms with Gasteiger partial charge in [-0.05, 0) is 73.1 Å². The second-order valence-electron chi connectivity index (χ2n) is 11.5. The molecule has 0 aromatic heterocycles. The molecule has 0 bridgehead atoms. The Morgan fingerprint density at radius 2 is 1.67 bits per heavy atom. The van der Waals surface area contributed by atoms with E-state index in [9.17, 15) is 4.79 Å². The van der Waals surface area contributed by atoms with Gasteiger partial charge >= 0.3 is 0 Å². The zero-order chi connectivity index (χ0) is 27.0. The lowest BCUT2D eigenvalue weighted by atomic mass is 9.91. The summed E-state index contributed by atoms with van der Waals surface area (Å²) in [7, 11) is 0. The van der Waals surface area contributed by atoms with Crippen molar-refractivity contribution in [1.82, 2.24) is 14.7 Å². The first-order valence-corrected chi connectivity index (χ1v) is 15.1. The van der Waals surface area contributed by atoms with Crippen molar-refractivity contribution in [3.05, 3.63) is 77.9 Å². The Morgan fingerprint density at radius 1 is 0.897 bits per heavy atom. The monoisotopic (exact) mass is 527 g/mol. The molecular weight excluding hydrogens is 482 g/mol. The van der Waals surface area contributed by atoms with Gasteiger partial charge in [-0.25, -0.2) is 0 Å². The molecule has 2 saturated heterocycles. The van der Waals surface area contributed by atoms with Gasteiger partial charge in [0.1, 0.15) is 5.75 Å². The number of ether oxygens (including phenoxy) is 1. The number of hydrogen-bond acceptors (Lipinski definition) is 4. The van der Waals surface area contributed by atoms with Crippen LogP contribution in [0.5, 0.6) is 5.75 Å². The van der Waals surface area contributed by atoms with Crippen LogP contribution in [0.4, 0.5) is 0 Å². The van der Waals surface area contributed by atoms with E-state index in [1.54, 1.807) is 0 Å². The predicted octanol–water partition coefficient (Wildman–Crippen LogP) is 6.12. The van der Waals surface area contributed by atoms with Gasteiger partial charge in [-0.15, -0.1) is 0 Å². The molecule has 2 atom stereocenters. The Bertz CT molecular complexity index is 1200. The molecule has 0 spiro atoms. The smallest absolute Gasteiger partial charge is 0.254 e. The number of carbonyl (C=O) groups excluding carboxylic acids is 1. The second-order valence-corrected chi connectivity index (χ2v) is 11.5. The SMILES string of the molecule is CCC1CCC(C)N(CCCOc2ccc(CCN3CCN(C(=O)c4cccc5ccccc45)CC3)cc2)C1. The van der Waals surface area contributed by atoms with Crippen molar-refractivity contribution in [3.63, 3.8) is 0 Å². The minimum atomic E-state index is 0.151. The third-order valence-electron chi connectivity index (χ3n) is 8.86. The third-order valence-corrected chi connectivity index (χ3v) is 8.86. The average molecular weight is 528 g/mol. The van der Waals surface area contributed by atoms with E-state index in [-0.39, 0.29) is 5.91 Å². The van der Waals surface area contributed by atoms with Crippen molar-refractivity contribution in [2.24, 2.45) is 5.92 Å². The molecule has 1 amide bonds. The van der Waals surface area contributed by atoms with E-state index >= 15 is 0 Å². The molecule has 5 heteroatoms. The van der Waals surface area contributed by atoms with E-state index in [1.807, 2.05) is 35.2 Å². The van der Waals surface area contributed by atoms with Crippen LogP contribution >= 0.6 is 0 Å². The number of benzene rings is 3. The lowest BCUT2D eigenvalue weighted by Gasteiger charge is -2.37. The first-order chi connectivity index (χ1) is 19.1. The lowest BCUT2D eigenvalue weighted by molar-refractivity contribution is 0.0640. The van der Waals surface area contributed by atoms with Crippen molar-refractivity contribution in [2.75, 3.05) is 52.4 Å². The molecular formula is C34H45N3O2. The number of likely N-dealkylation sites (tertiary alicyclic amines) is 1. The summed E-state index contributed by atoms with van der Waals surface area (Å²) in [5, 5.41) is 2.16. The molecule has 0 saturated carbocycles. The highest BCUT2D eigenvalue weighted by Crippen LogP contribution is 2.24. The summed E-state index contributed by atoms with van der Waals surface area (Å²) < 4.78 is 6.06. The van der Waals surface area contributed by atoms with Crippen molar-refractivity contribution in [1.29, 1.82) is 0 Å². The normalized spacial score (nSPS) is 20.8. The zero-order valence-corrected chi connectivity index (χ0v) is 23.9. The molecule has 39 heavy (non-hydrogen) atoms. The van der Waals surface area contributed by atoms with Gasteiger partial charge in [-0.1, -0.05) is 61.9 Å². The number of rotatable bonds is 10. The third kappa shape index (κ3) is 7.20. The minimum absolute atomic E-state index is 0.151. The van der Waals surface area contributed by atoms with Crippen LogP contribution < -0.4 is 4.74 Å². The van der Waals surface area contributed by atoms with Crippen molar-refractivity contribution in [3.8, 4) is 5.75 Å². The topological polar surface area (TPSA) is 36.0 Å². The highest BCUT2D eigenvalue weighted by molar-refractivity contribution is 6.07. The van der Waals surface area contributed by atoms with Gasteiger partial charge in [0.2, 0.25) is 0 Å². The van der Waals surface area contributed by atoms with Gasteiger partial charge in [0, 0.05) is 57.4 Å². The van der Waals surface area contributed by atoms with E-state index in [4.69, 9.17) is 4.74 Å². The summed E-state index contributed by atoms with van der Waals surface area (Å²) in [6, 6.07) is 23.5. The zero-order valence-electron chi connectivity index (χ0n) is 23.9. The summed E-state index contributed by atoms with van der Waals surface area (Å²) in [6.07, 6.45) is 6.12. The maximum atomic E-state index is 13.2. The largest absolute Gasteiger partial charge is 0.494 e. The highest BCUT2D eigenvalue weighted by Gasteiger charge is 2.24. The first-order valence-electron chi connectivity index (χ1n) is 15.1. The lowest BCUT2D eigenvalue weighted by Crippen LogP contribution is -2.49. The van der Waals surface area contributed by atoms with Gasteiger partial charge in [-0.2, -0.15) is 0 Å². The molecule has 2 aliphatic heterocycles. The molecule has 2 heterocycles. The molecule has 3 aromatic carbocycles. The Balaban J connectivity index is 1.01. The van der Waals surface area contributed by atoms with E-state index in [0.717, 1.165) is 86.7 Å². The molecule has 0 radical (unpaired) electrons. The van der Waals surface area contributed by atoms with Crippen LogP contribution in [0, 0.1) is 5.92 Å². The number of piperazine rings is 1. The van der Waals surface area contributed by atoms with E-state index in [1.165, 1.54) is 31.4 Å². The van der Waals surface area contributed by atoms with Crippen molar-refractivity contribution in [2.45, 2.75) is 52.0 Å². The van der Waals surface area contributed by atoms with Gasteiger partial charge in [0.15, 0.2) is 0 Å². The Morgan fingerprint density at radius 3 is 2.46 bits per heavy atom. The molecule has 3 aromatic rings. The summed E-state index contributed by atoms with van der Waals surface area (Å²) in [5.41, 5.74) is 2.15. The second kappa shape index (κ2) is 13.5. The fourth-order valence-corrected chi connectivity index (χ4v) is 6.16. The molecule has 208 valence electrons. The highest BCUT2D eigenvalue weighted by atomic mass is 16.5. The molecule has 5 nitrogen and oxygen atoms in total. The number of carbonyl (C=O) groups is 1. The summed E-state index contributed by atoms with van der Waals surface area (Å²) in [4.78, 5) is 20.4. The van der Waals surface area contributed by atoms with Crippen LogP contribution in [0.1, 0.15) is 55.5 Å². The van der Waals surface area contributed by atoms with Gasteiger partial charge < -0.3 is 14.5 Å². The molecule has 2 unspecified atom stereocenters. The maximum absolute atomic E-state index is 13.2. The fraction of sp³-hybridized carbons (Fsp3) is 0.500. The van der Waals surface area contributed by atoms with Crippen LogP contribution in [0.25, 0.3) is 10.8 Å². The Labute approximate surface area is 234 Å². The summed E-state index contributed by atoms with van der Waals surface area (Å²) in [5.74, 6) is 1.99. The number of fused-ring (bicyclic) bond motifs is 1. The van der Waals surface area contributed by atoms with Gasteiger partial charge in [0.25, 0.3) is 5.91 Å². The standard InChI is InChI=1S/C34H45N3O2/c1-3-28-13-12-27(2)37(26-28)19-7-25-39-31-16-14-29(15-17-31)18-20-35-21-23-36(24-22-35)34(38)33-11-6-9-30-8-4-5-10-32(30)33/h4-6,8-11,14-17,27-28H,3,7,12-13,18-26H2,1-2H3. The van der Waals surface area contributed by atoms with Gasteiger partial charge in [0.05, 0.1) is 6.61 Å². The predicted molar refractivity (Wildman–Crippen MR) is 161 cm³/mol. The van der Waals surface area contributed by atoms with Crippen LogP contribution in [0.2, 0.25) is 0 Å². The van der Waals surface area contributed by atoms with Crippen molar-refractivity contribution >= 4 is 16.7 Å².